The average Bonchev–Trinajstić information content (AvgIpc) is 2.52. The predicted octanol–water partition coefficient (Wildman–Crippen LogP) is 4.05. The van der Waals surface area contributed by atoms with Crippen molar-refractivity contribution in [3.05, 3.63) is 70.3 Å². The smallest absolute Gasteiger partial charge is 0.407 e. The van der Waals surface area contributed by atoms with E-state index in [0.29, 0.717) is 0 Å². The number of benzene rings is 2. The van der Waals surface area contributed by atoms with Crippen LogP contribution in [0, 0.1) is 20.8 Å². The fraction of sp³-hybridized carbons (Fsp3) is 0.300. The van der Waals surface area contributed by atoms with Crippen LogP contribution < -0.4 is 5.32 Å². The molecule has 5 heteroatoms. The molecule has 132 valence electrons. The number of carbonyl (C=O) groups is 2. The molecule has 2 rings (SSSR count). The minimum atomic E-state index is -0.979. The van der Waals surface area contributed by atoms with Gasteiger partial charge >= 0.3 is 12.1 Å². The number of nitrogens with one attached hydrogen (secondary N) is 1. The van der Waals surface area contributed by atoms with Crippen LogP contribution in [-0.2, 0) is 16.1 Å². The van der Waals surface area contributed by atoms with Crippen molar-refractivity contribution in [3.8, 4) is 0 Å². The van der Waals surface area contributed by atoms with Gasteiger partial charge in [-0.15, -0.1) is 0 Å². The molecule has 0 spiro atoms. The van der Waals surface area contributed by atoms with Crippen molar-refractivity contribution in [2.45, 2.75) is 39.8 Å². The zero-order valence-electron chi connectivity index (χ0n) is 14.7. The fourth-order valence-electron chi connectivity index (χ4n) is 3.05. The molecule has 25 heavy (non-hydrogen) atoms. The van der Waals surface area contributed by atoms with Crippen LogP contribution in [-0.4, -0.2) is 17.2 Å². The number of aryl methyl sites for hydroxylation is 3. The van der Waals surface area contributed by atoms with Crippen molar-refractivity contribution >= 4 is 12.1 Å². The third kappa shape index (κ3) is 5.35. The number of amides is 1. The topological polar surface area (TPSA) is 75.6 Å². The van der Waals surface area contributed by atoms with E-state index < -0.39 is 18.1 Å². The zero-order chi connectivity index (χ0) is 18.4. The molecule has 0 radical (unpaired) electrons. The number of ether oxygens (including phenoxy) is 1. The van der Waals surface area contributed by atoms with E-state index in [4.69, 9.17) is 4.74 Å². The number of carbonyl (C=O) groups excluding carboxylic acids is 1. The average molecular weight is 341 g/mol. The Morgan fingerprint density at radius 2 is 1.68 bits per heavy atom. The molecule has 0 saturated heterocycles. The van der Waals surface area contributed by atoms with Crippen molar-refractivity contribution in [3.63, 3.8) is 0 Å². The maximum atomic E-state index is 12.1. The predicted molar refractivity (Wildman–Crippen MR) is 95.4 cm³/mol. The summed E-state index contributed by atoms with van der Waals surface area (Å²) in [7, 11) is 0. The molecule has 5 nitrogen and oxygen atoms in total. The molecule has 0 bridgehead atoms. The number of carboxylic acids is 1. The minimum Gasteiger partial charge on any atom is -0.481 e. The van der Waals surface area contributed by atoms with E-state index >= 15 is 0 Å². The molecule has 2 aromatic rings. The van der Waals surface area contributed by atoms with Gasteiger partial charge in [0.15, 0.2) is 0 Å². The fourth-order valence-corrected chi connectivity index (χ4v) is 3.05. The molecule has 2 aromatic carbocycles. The van der Waals surface area contributed by atoms with E-state index in [1.54, 1.807) is 0 Å². The second-order valence-electron chi connectivity index (χ2n) is 6.17. The van der Waals surface area contributed by atoms with E-state index in [9.17, 15) is 14.7 Å². The summed E-state index contributed by atoms with van der Waals surface area (Å²) < 4.78 is 5.22. The minimum absolute atomic E-state index is 0.137. The molecule has 0 saturated carbocycles. The van der Waals surface area contributed by atoms with Crippen LogP contribution in [0.2, 0.25) is 0 Å². The van der Waals surface area contributed by atoms with Gasteiger partial charge in [-0.25, -0.2) is 4.79 Å². The van der Waals surface area contributed by atoms with Crippen LogP contribution in [0.25, 0.3) is 0 Å². The number of rotatable bonds is 6. The number of alkyl carbamates (subject to hydrolysis) is 1. The molecule has 1 atom stereocenters. The van der Waals surface area contributed by atoms with Gasteiger partial charge in [-0.05, 0) is 43.0 Å². The SMILES string of the molecule is Cc1cc(C)c([C@@H](CC(=O)O)NC(=O)OCc2ccccc2)c(C)c1. The van der Waals surface area contributed by atoms with Gasteiger partial charge < -0.3 is 15.2 Å². The lowest BCUT2D eigenvalue weighted by molar-refractivity contribution is -0.137. The summed E-state index contributed by atoms with van der Waals surface area (Å²) in [6.45, 7) is 5.96. The highest BCUT2D eigenvalue weighted by atomic mass is 16.5. The Morgan fingerprint density at radius 1 is 1.08 bits per heavy atom. The largest absolute Gasteiger partial charge is 0.481 e. The summed E-state index contributed by atoms with van der Waals surface area (Å²) in [4.78, 5) is 23.4. The number of hydrogen-bond acceptors (Lipinski definition) is 3. The summed E-state index contributed by atoms with van der Waals surface area (Å²) in [6, 6.07) is 12.7. The van der Waals surface area contributed by atoms with Crippen LogP contribution >= 0.6 is 0 Å². The van der Waals surface area contributed by atoms with Crippen LogP contribution in [0.1, 0.15) is 40.3 Å². The summed E-state index contributed by atoms with van der Waals surface area (Å²) >= 11 is 0. The first-order valence-electron chi connectivity index (χ1n) is 8.13. The van der Waals surface area contributed by atoms with E-state index in [-0.39, 0.29) is 13.0 Å². The second kappa shape index (κ2) is 8.33. The monoisotopic (exact) mass is 341 g/mol. The molecule has 0 fully saturated rings. The van der Waals surface area contributed by atoms with Gasteiger partial charge in [-0.2, -0.15) is 0 Å². The molecule has 0 unspecified atom stereocenters. The van der Waals surface area contributed by atoms with E-state index in [1.165, 1.54) is 0 Å². The Kier molecular flexibility index (Phi) is 6.17. The lowest BCUT2D eigenvalue weighted by Gasteiger charge is -2.22. The van der Waals surface area contributed by atoms with Gasteiger partial charge in [0.05, 0.1) is 12.5 Å². The highest BCUT2D eigenvalue weighted by Gasteiger charge is 2.22. The lowest BCUT2D eigenvalue weighted by atomic mass is 9.92. The quantitative estimate of drug-likeness (QED) is 0.831. The Balaban J connectivity index is 2.12. The van der Waals surface area contributed by atoms with Crippen LogP contribution in [0.3, 0.4) is 0 Å². The van der Waals surface area contributed by atoms with Crippen LogP contribution in [0.15, 0.2) is 42.5 Å². The molecule has 0 heterocycles. The summed E-state index contributed by atoms with van der Waals surface area (Å²) in [5, 5.41) is 11.9. The highest BCUT2D eigenvalue weighted by molar-refractivity contribution is 5.72. The molecule has 0 aliphatic heterocycles. The maximum Gasteiger partial charge on any atom is 0.407 e. The zero-order valence-corrected chi connectivity index (χ0v) is 14.7. The summed E-state index contributed by atoms with van der Waals surface area (Å²) in [5.41, 5.74) is 4.69. The third-order valence-electron chi connectivity index (χ3n) is 3.97. The molecule has 0 aromatic heterocycles. The van der Waals surface area contributed by atoms with Crippen molar-refractivity contribution < 1.29 is 19.4 Å². The van der Waals surface area contributed by atoms with Crippen LogP contribution in [0.5, 0.6) is 0 Å². The second-order valence-corrected chi connectivity index (χ2v) is 6.17. The lowest BCUT2D eigenvalue weighted by Crippen LogP contribution is -2.31. The molecular formula is C20H23NO4. The molecule has 0 aliphatic rings. The van der Waals surface area contributed by atoms with E-state index in [2.05, 4.69) is 5.32 Å². The Bertz CT molecular complexity index is 733. The first-order chi connectivity index (χ1) is 11.9. The van der Waals surface area contributed by atoms with Gasteiger partial charge in [-0.3, -0.25) is 4.79 Å². The van der Waals surface area contributed by atoms with E-state index in [1.807, 2.05) is 63.2 Å². The van der Waals surface area contributed by atoms with Crippen molar-refractivity contribution in [1.82, 2.24) is 5.32 Å². The Morgan fingerprint density at radius 3 is 2.24 bits per heavy atom. The number of carboxylic acid groups (broad SMARTS) is 1. The maximum absolute atomic E-state index is 12.1. The molecule has 1 amide bonds. The number of aliphatic carboxylic acids is 1. The summed E-state index contributed by atoms with van der Waals surface area (Å²) in [6.07, 6.45) is -0.833. The molecular weight excluding hydrogens is 318 g/mol. The molecule has 0 aliphatic carbocycles. The number of hydrogen-bond donors (Lipinski definition) is 2. The third-order valence-corrected chi connectivity index (χ3v) is 3.97. The van der Waals surface area contributed by atoms with Gasteiger partial charge in [0.1, 0.15) is 6.61 Å². The summed E-state index contributed by atoms with van der Waals surface area (Å²) in [5.74, 6) is -0.979. The van der Waals surface area contributed by atoms with Gasteiger partial charge in [0.25, 0.3) is 0 Å². The first kappa shape index (κ1) is 18.5. The van der Waals surface area contributed by atoms with Crippen LogP contribution in [0.4, 0.5) is 4.79 Å². The van der Waals surface area contributed by atoms with E-state index in [0.717, 1.165) is 27.8 Å². The molecule has 2 N–H and O–H groups in total. The van der Waals surface area contributed by atoms with Gasteiger partial charge in [-0.1, -0.05) is 48.0 Å². The van der Waals surface area contributed by atoms with Crippen molar-refractivity contribution in [2.24, 2.45) is 0 Å². The standard InChI is InChI=1S/C20H23NO4/c1-13-9-14(2)19(15(3)10-13)17(11-18(22)23)21-20(24)25-12-16-7-5-4-6-8-16/h4-10,17H,11-12H2,1-3H3,(H,21,24)(H,22,23)/t17-/m1/s1. The highest BCUT2D eigenvalue weighted by Crippen LogP contribution is 2.26. The first-order valence-corrected chi connectivity index (χ1v) is 8.13. The van der Waals surface area contributed by atoms with Crippen molar-refractivity contribution in [2.75, 3.05) is 0 Å². The Labute approximate surface area is 147 Å². The van der Waals surface area contributed by atoms with Gasteiger partial charge in [0, 0.05) is 0 Å². The normalized spacial score (nSPS) is 11.6. The Hall–Kier alpha value is -2.82. The van der Waals surface area contributed by atoms with Crippen molar-refractivity contribution in [1.29, 1.82) is 0 Å². The van der Waals surface area contributed by atoms with Gasteiger partial charge in [0.2, 0.25) is 0 Å².